The molecule has 1 rings (SSSR count). The first-order valence-electron chi connectivity index (χ1n) is 4.71. The van der Waals surface area contributed by atoms with Gasteiger partial charge in [0.2, 0.25) is 0 Å². The van der Waals surface area contributed by atoms with E-state index in [-0.39, 0.29) is 12.8 Å². The smallest absolute Gasteiger partial charge is 0.357 e. The van der Waals surface area contributed by atoms with Gasteiger partial charge in [0.05, 0.1) is 0 Å². The van der Waals surface area contributed by atoms with Crippen LogP contribution in [-0.4, -0.2) is 20.2 Å². The van der Waals surface area contributed by atoms with Crippen molar-refractivity contribution in [3.05, 3.63) is 35.9 Å². The highest BCUT2D eigenvalue weighted by atomic mass is 31.2. The third-order valence-corrected chi connectivity index (χ3v) is 4.00. The molecule has 0 saturated heterocycles. The predicted molar refractivity (Wildman–Crippen MR) is 57.4 cm³/mol. The molecule has 0 aliphatic rings. The second-order valence-electron chi connectivity index (χ2n) is 3.54. The summed E-state index contributed by atoms with van der Waals surface area (Å²) in [5.74, 6) is 0. The van der Waals surface area contributed by atoms with Crippen molar-refractivity contribution in [3.8, 4) is 0 Å². The van der Waals surface area contributed by atoms with E-state index in [9.17, 15) is 9.67 Å². The molecule has 0 spiro atoms. The van der Waals surface area contributed by atoms with Gasteiger partial charge < -0.3 is 14.9 Å². The van der Waals surface area contributed by atoms with E-state index >= 15 is 0 Å². The SMILES string of the molecule is CCC(O)(Cc1ccccc1)P(=O)(O)O. The van der Waals surface area contributed by atoms with Crippen LogP contribution < -0.4 is 0 Å². The maximum absolute atomic E-state index is 11.1. The van der Waals surface area contributed by atoms with Crippen LogP contribution in [0.5, 0.6) is 0 Å². The molecule has 1 unspecified atom stereocenters. The van der Waals surface area contributed by atoms with Gasteiger partial charge in [-0.15, -0.1) is 0 Å². The van der Waals surface area contributed by atoms with E-state index in [1.54, 1.807) is 31.2 Å². The van der Waals surface area contributed by atoms with Crippen molar-refractivity contribution < 1.29 is 19.5 Å². The van der Waals surface area contributed by atoms with E-state index in [0.29, 0.717) is 5.56 Å². The molecular formula is C10H15O4P. The molecule has 1 atom stereocenters. The molecule has 0 bridgehead atoms. The Hall–Kier alpha value is -0.670. The minimum Gasteiger partial charge on any atom is -0.377 e. The van der Waals surface area contributed by atoms with E-state index in [0.717, 1.165) is 0 Å². The normalized spacial score (nSPS) is 16.0. The zero-order valence-corrected chi connectivity index (χ0v) is 9.39. The molecule has 84 valence electrons. The lowest BCUT2D eigenvalue weighted by Crippen LogP contribution is -2.30. The summed E-state index contributed by atoms with van der Waals surface area (Å²) in [4.78, 5) is 18.1. The van der Waals surface area contributed by atoms with Crippen LogP contribution in [0.3, 0.4) is 0 Å². The Balaban J connectivity index is 2.92. The number of hydrogen-bond donors (Lipinski definition) is 3. The van der Waals surface area contributed by atoms with Crippen molar-refractivity contribution >= 4 is 7.60 Å². The zero-order valence-electron chi connectivity index (χ0n) is 8.50. The average Bonchev–Trinajstić information content (AvgIpc) is 2.17. The molecule has 0 amide bonds. The van der Waals surface area contributed by atoms with Gasteiger partial charge in [-0.2, -0.15) is 0 Å². The molecule has 0 heterocycles. The highest BCUT2D eigenvalue weighted by Crippen LogP contribution is 2.52. The Morgan fingerprint density at radius 3 is 2.20 bits per heavy atom. The second-order valence-corrected chi connectivity index (χ2v) is 5.46. The van der Waals surface area contributed by atoms with Crippen molar-refractivity contribution in [1.29, 1.82) is 0 Å². The number of benzene rings is 1. The monoisotopic (exact) mass is 230 g/mol. The first kappa shape index (κ1) is 12.4. The van der Waals surface area contributed by atoms with Crippen LogP contribution in [0.15, 0.2) is 30.3 Å². The van der Waals surface area contributed by atoms with Gasteiger partial charge in [0.1, 0.15) is 0 Å². The molecular weight excluding hydrogens is 215 g/mol. The third-order valence-electron chi connectivity index (χ3n) is 2.44. The highest BCUT2D eigenvalue weighted by molar-refractivity contribution is 7.53. The van der Waals surface area contributed by atoms with E-state index in [4.69, 9.17) is 9.79 Å². The summed E-state index contributed by atoms with van der Waals surface area (Å²) in [6.07, 6.45) is -0.0131. The maximum atomic E-state index is 11.1. The summed E-state index contributed by atoms with van der Waals surface area (Å²) in [6.45, 7) is 1.56. The predicted octanol–water partition coefficient (Wildman–Crippen LogP) is 1.51. The van der Waals surface area contributed by atoms with Gasteiger partial charge in [0.15, 0.2) is 5.34 Å². The molecule has 0 aromatic heterocycles. The van der Waals surface area contributed by atoms with Gasteiger partial charge >= 0.3 is 7.60 Å². The van der Waals surface area contributed by atoms with Crippen molar-refractivity contribution in [2.45, 2.75) is 25.1 Å². The fourth-order valence-electron chi connectivity index (χ4n) is 1.36. The Morgan fingerprint density at radius 2 is 1.80 bits per heavy atom. The standard InChI is InChI=1S/C10H15O4P/c1-2-10(11,15(12,13)14)8-9-6-4-3-5-7-9/h3-7,11H,2,8H2,1H3,(H2,12,13,14). The van der Waals surface area contributed by atoms with Gasteiger partial charge in [-0.05, 0) is 12.0 Å². The van der Waals surface area contributed by atoms with Crippen molar-refractivity contribution in [3.63, 3.8) is 0 Å². The third kappa shape index (κ3) is 2.89. The summed E-state index contributed by atoms with van der Waals surface area (Å²) < 4.78 is 11.1. The molecule has 0 fully saturated rings. The molecule has 3 N–H and O–H groups in total. The van der Waals surface area contributed by atoms with Crippen LogP contribution in [0.1, 0.15) is 18.9 Å². The highest BCUT2D eigenvalue weighted by Gasteiger charge is 2.43. The minimum atomic E-state index is -4.50. The van der Waals surface area contributed by atoms with Gasteiger partial charge in [0.25, 0.3) is 0 Å². The Morgan fingerprint density at radius 1 is 1.27 bits per heavy atom. The Labute approximate surface area is 88.7 Å². The fraction of sp³-hybridized carbons (Fsp3) is 0.400. The van der Waals surface area contributed by atoms with Crippen LogP contribution in [0.25, 0.3) is 0 Å². The number of hydrogen-bond acceptors (Lipinski definition) is 2. The minimum absolute atomic E-state index is 0.0200. The van der Waals surface area contributed by atoms with Crippen molar-refractivity contribution in [1.82, 2.24) is 0 Å². The molecule has 0 aliphatic carbocycles. The van der Waals surface area contributed by atoms with Crippen LogP contribution in [0.4, 0.5) is 0 Å². The molecule has 1 aromatic carbocycles. The summed E-state index contributed by atoms with van der Waals surface area (Å²) in [5, 5.41) is 7.90. The average molecular weight is 230 g/mol. The quantitative estimate of drug-likeness (QED) is 0.685. The number of rotatable bonds is 4. The Kier molecular flexibility index (Phi) is 3.68. The molecule has 0 aliphatic heterocycles. The lowest BCUT2D eigenvalue weighted by atomic mass is 10.1. The van der Waals surface area contributed by atoms with Crippen molar-refractivity contribution in [2.75, 3.05) is 0 Å². The summed E-state index contributed by atoms with van der Waals surface area (Å²) in [5.41, 5.74) is 0.713. The van der Waals surface area contributed by atoms with Gasteiger partial charge in [-0.1, -0.05) is 37.3 Å². The van der Waals surface area contributed by atoms with E-state index in [1.165, 1.54) is 0 Å². The topological polar surface area (TPSA) is 77.8 Å². The zero-order chi connectivity index (χ0) is 11.5. The largest absolute Gasteiger partial charge is 0.377 e. The summed E-state index contributed by atoms with van der Waals surface area (Å²) in [6, 6.07) is 8.81. The summed E-state index contributed by atoms with van der Waals surface area (Å²) in [7, 11) is -4.50. The first-order chi connectivity index (χ1) is 6.89. The van der Waals surface area contributed by atoms with E-state index in [2.05, 4.69) is 0 Å². The second kappa shape index (κ2) is 4.45. The first-order valence-corrected chi connectivity index (χ1v) is 6.32. The van der Waals surface area contributed by atoms with Gasteiger partial charge in [-0.25, -0.2) is 0 Å². The van der Waals surface area contributed by atoms with Crippen LogP contribution in [0.2, 0.25) is 0 Å². The lowest BCUT2D eigenvalue weighted by molar-refractivity contribution is 0.0873. The van der Waals surface area contributed by atoms with Gasteiger partial charge in [-0.3, -0.25) is 4.57 Å². The van der Waals surface area contributed by atoms with Crippen molar-refractivity contribution in [2.24, 2.45) is 0 Å². The summed E-state index contributed by atoms with van der Waals surface area (Å²) >= 11 is 0. The molecule has 15 heavy (non-hydrogen) atoms. The lowest BCUT2D eigenvalue weighted by Gasteiger charge is -2.27. The van der Waals surface area contributed by atoms with Crippen LogP contribution in [-0.2, 0) is 11.0 Å². The van der Waals surface area contributed by atoms with E-state index < -0.39 is 12.9 Å². The molecule has 0 radical (unpaired) electrons. The molecule has 1 aromatic rings. The van der Waals surface area contributed by atoms with E-state index in [1.807, 2.05) is 6.07 Å². The van der Waals surface area contributed by atoms with Crippen LogP contribution in [0, 0.1) is 0 Å². The Bertz CT molecular complexity index is 359. The van der Waals surface area contributed by atoms with Crippen LogP contribution >= 0.6 is 7.60 Å². The van der Waals surface area contributed by atoms with Gasteiger partial charge in [0, 0.05) is 6.42 Å². The maximum Gasteiger partial charge on any atom is 0.357 e. The molecule has 4 nitrogen and oxygen atoms in total. The number of aliphatic hydroxyl groups is 1. The fourth-order valence-corrected chi connectivity index (χ4v) is 2.16. The molecule has 5 heteroatoms. The molecule has 0 saturated carbocycles.